The van der Waals surface area contributed by atoms with Crippen molar-refractivity contribution in [2.75, 3.05) is 18.9 Å². The topological polar surface area (TPSA) is 99.9 Å². The van der Waals surface area contributed by atoms with Gasteiger partial charge >= 0.3 is 12.1 Å². The Morgan fingerprint density at radius 1 is 1.03 bits per heavy atom. The fraction of sp³-hybridized carbons (Fsp3) is 0.391. The number of nitrogen functional groups attached to an aromatic ring is 1. The highest BCUT2D eigenvalue weighted by molar-refractivity contribution is 5.81. The quantitative estimate of drug-likeness (QED) is 0.454. The number of carbonyl (C=O) groups excluding carboxylic acids is 2. The second kappa shape index (κ2) is 11.7. The summed E-state index contributed by atoms with van der Waals surface area (Å²) in [6.45, 7) is 6.51. The first-order chi connectivity index (χ1) is 14.4. The molecule has 0 aliphatic rings. The number of benzene rings is 2. The zero-order chi connectivity index (χ0) is 21.9. The second-order valence-corrected chi connectivity index (χ2v) is 7.32. The minimum atomic E-state index is -0.830. The molecule has 0 radical (unpaired) electrons. The summed E-state index contributed by atoms with van der Waals surface area (Å²) in [6, 6.07) is 14.0. The number of hydrogen-bond acceptors (Lipinski definition) is 6. The maximum absolute atomic E-state index is 12.2. The lowest BCUT2D eigenvalue weighted by atomic mass is 10.1. The van der Waals surface area contributed by atoms with Gasteiger partial charge in [-0.25, -0.2) is 9.59 Å². The van der Waals surface area contributed by atoms with Gasteiger partial charge in [0.2, 0.25) is 0 Å². The third kappa shape index (κ3) is 8.03. The van der Waals surface area contributed by atoms with Gasteiger partial charge in [-0.2, -0.15) is 0 Å². The molecule has 7 heteroatoms. The normalized spacial score (nSPS) is 11.6. The zero-order valence-corrected chi connectivity index (χ0v) is 17.7. The number of esters is 1. The fourth-order valence-electron chi connectivity index (χ4n) is 2.67. The molecule has 2 rings (SSSR count). The van der Waals surface area contributed by atoms with Crippen molar-refractivity contribution in [3.05, 3.63) is 59.7 Å². The van der Waals surface area contributed by atoms with Crippen LogP contribution in [0.2, 0.25) is 0 Å². The molecule has 0 saturated heterocycles. The van der Waals surface area contributed by atoms with Crippen molar-refractivity contribution in [1.29, 1.82) is 0 Å². The van der Waals surface area contributed by atoms with E-state index in [1.54, 1.807) is 6.92 Å². The highest BCUT2D eigenvalue weighted by Gasteiger charge is 2.23. The number of rotatable bonds is 10. The SMILES string of the molecule is CCOC(=O)C(Cc1ccc(OCc2cccc(N)c2)cc1)NC(=O)OCC(C)C. The van der Waals surface area contributed by atoms with Gasteiger partial charge in [-0.1, -0.05) is 38.1 Å². The van der Waals surface area contributed by atoms with Gasteiger partial charge in [0.1, 0.15) is 18.4 Å². The van der Waals surface area contributed by atoms with Crippen molar-refractivity contribution < 1.29 is 23.8 Å². The molecule has 0 bridgehead atoms. The minimum Gasteiger partial charge on any atom is -0.489 e. The summed E-state index contributed by atoms with van der Waals surface area (Å²) in [7, 11) is 0. The van der Waals surface area contributed by atoms with Crippen LogP contribution < -0.4 is 15.8 Å². The largest absolute Gasteiger partial charge is 0.489 e. The Morgan fingerprint density at radius 3 is 2.40 bits per heavy atom. The number of alkyl carbamates (subject to hydrolysis) is 1. The van der Waals surface area contributed by atoms with Crippen LogP contribution in [0.5, 0.6) is 5.75 Å². The summed E-state index contributed by atoms with van der Waals surface area (Å²) in [5.41, 5.74) is 8.30. The molecule has 1 amide bonds. The third-order valence-corrected chi connectivity index (χ3v) is 4.13. The molecular weight excluding hydrogens is 384 g/mol. The molecule has 1 unspecified atom stereocenters. The first kappa shape index (κ1) is 23.1. The highest BCUT2D eigenvalue weighted by Crippen LogP contribution is 2.16. The predicted octanol–water partition coefficient (Wildman–Crippen LogP) is 3.70. The molecule has 0 spiro atoms. The Bertz CT molecular complexity index is 821. The van der Waals surface area contributed by atoms with Crippen molar-refractivity contribution >= 4 is 17.7 Å². The lowest BCUT2D eigenvalue weighted by Crippen LogP contribution is -2.43. The standard InChI is InChI=1S/C23H30N2O5/c1-4-28-22(26)21(25-23(27)30-14-16(2)3)13-17-8-10-20(11-9-17)29-15-18-6-5-7-19(24)12-18/h5-12,16,21H,4,13-15,24H2,1-3H3,(H,25,27). The Morgan fingerprint density at radius 2 is 1.77 bits per heavy atom. The molecule has 0 heterocycles. The van der Waals surface area contributed by atoms with E-state index < -0.39 is 18.1 Å². The van der Waals surface area contributed by atoms with E-state index in [9.17, 15) is 9.59 Å². The minimum absolute atomic E-state index is 0.205. The number of amides is 1. The van der Waals surface area contributed by atoms with Gasteiger partial charge in [0.05, 0.1) is 13.2 Å². The predicted molar refractivity (Wildman–Crippen MR) is 115 cm³/mol. The van der Waals surface area contributed by atoms with Gasteiger partial charge in [0, 0.05) is 12.1 Å². The van der Waals surface area contributed by atoms with E-state index >= 15 is 0 Å². The van der Waals surface area contributed by atoms with E-state index in [1.807, 2.05) is 62.4 Å². The average molecular weight is 415 g/mol. The molecule has 2 aromatic carbocycles. The fourth-order valence-corrected chi connectivity index (χ4v) is 2.67. The van der Waals surface area contributed by atoms with E-state index in [0.29, 0.717) is 18.0 Å². The summed E-state index contributed by atoms with van der Waals surface area (Å²) < 4.78 is 16.0. The van der Waals surface area contributed by atoms with Crippen LogP contribution in [0.1, 0.15) is 31.9 Å². The van der Waals surface area contributed by atoms with Crippen molar-refractivity contribution in [2.24, 2.45) is 5.92 Å². The molecule has 162 valence electrons. The molecule has 3 N–H and O–H groups in total. The number of nitrogens with one attached hydrogen (secondary N) is 1. The molecule has 0 aliphatic carbocycles. The van der Waals surface area contributed by atoms with Crippen LogP contribution in [0, 0.1) is 5.92 Å². The first-order valence-corrected chi connectivity index (χ1v) is 10.0. The molecule has 0 aromatic heterocycles. The van der Waals surface area contributed by atoms with E-state index in [0.717, 1.165) is 11.1 Å². The second-order valence-electron chi connectivity index (χ2n) is 7.32. The maximum atomic E-state index is 12.2. The van der Waals surface area contributed by atoms with E-state index in [1.165, 1.54) is 0 Å². The molecule has 0 fully saturated rings. The van der Waals surface area contributed by atoms with Crippen LogP contribution >= 0.6 is 0 Å². The molecule has 0 saturated carbocycles. The van der Waals surface area contributed by atoms with E-state index in [2.05, 4.69) is 5.32 Å². The van der Waals surface area contributed by atoms with Crippen molar-refractivity contribution in [2.45, 2.75) is 39.8 Å². The Hall–Kier alpha value is -3.22. The first-order valence-electron chi connectivity index (χ1n) is 10.0. The highest BCUT2D eigenvalue weighted by atomic mass is 16.6. The number of ether oxygens (including phenoxy) is 3. The van der Waals surface area contributed by atoms with Crippen LogP contribution in [0.3, 0.4) is 0 Å². The number of hydrogen-bond donors (Lipinski definition) is 2. The Kier molecular flexibility index (Phi) is 9.00. The lowest BCUT2D eigenvalue weighted by molar-refractivity contribution is -0.145. The van der Waals surface area contributed by atoms with Crippen LogP contribution in [-0.4, -0.2) is 31.3 Å². The van der Waals surface area contributed by atoms with Gasteiger partial charge in [-0.05, 0) is 48.2 Å². The summed E-state index contributed by atoms with van der Waals surface area (Å²) in [5, 5.41) is 2.59. The Labute approximate surface area is 177 Å². The number of carbonyl (C=O) groups is 2. The summed E-state index contributed by atoms with van der Waals surface area (Å²) >= 11 is 0. The van der Waals surface area contributed by atoms with Gasteiger partial charge in [-0.3, -0.25) is 0 Å². The lowest BCUT2D eigenvalue weighted by Gasteiger charge is -2.18. The van der Waals surface area contributed by atoms with Crippen LogP contribution in [0.15, 0.2) is 48.5 Å². The number of anilines is 1. The van der Waals surface area contributed by atoms with Crippen molar-refractivity contribution in [3.8, 4) is 5.75 Å². The summed E-state index contributed by atoms with van der Waals surface area (Å²) in [4.78, 5) is 24.2. The molecule has 30 heavy (non-hydrogen) atoms. The maximum Gasteiger partial charge on any atom is 0.407 e. The van der Waals surface area contributed by atoms with Gasteiger partial charge in [-0.15, -0.1) is 0 Å². The molecule has 0 aliphatic heterocycles. The van der Waals surface area contributed by atoms with Crippen LogP contribution in [0.25, 0.3) is 0 Å². The Balaban J connectivity index is 1.95. The van der Waals surface area contributed by atoms with E-state index in [4.69, 9.17) is 19.9 Å². The van der Waals surface area contributed by atoms with Crippen LogP contribution in [0.4, 0.5) is 10.5 Å². The average Bonchev–Trinajstić information content (AvgIpc) is 2.71. The zero-order valence-electron chi connectivity index (χ0n) is 17.7. The van der Waals surface area contributed by atoms with Crippen molar-refractivity contribution in [1.82, 2.24) is 5.32 Å². The summed E-state index contributed by atoms with van der Waals surface area (Å²) in [5.74, 6) is 0.399. The monoisotopic (exact) mass is 414 g/mol. The van der Waals surface area contributed by atoms with Gasteiger partial charge in [0.15, 0.2) is 0 Å². The third-order valence-electron chi connectivity index (χ3n) is 4.13. The van der Waals surface area contributed by atoms with E-state index in [-0.39, 0.29) is 25.6 Å². The van der Waals surface area contributed by atoms with Gasteiger partial charge in [0.25, 0.3) is 0 Å². The molecule has 2 aromatic rings. The smallest absolute Gasteiger partial charge is 0.407 e. The molecule has 7 nitrogen and oxygen atoms in total. The number of nitrogens with two attached hydrogens (primary N) is 1. The molecule has 1 atom stereocenters. The van der Waals surface area contributed by atoms with Gasteiger partial charge < -0.3 is 25.3 Å². The van der Waals surface area contributed by atoms with Crippen LogP contribution in [-0.2, 0) is 27.3 Å². The molecular formula is C23H30N2O5. The summed E-state index contributed by atoms with van der Waals surface area (Å²) in [6.07, 6.45) is -0.352. The van der Waals surface area contributed by atoms with Crippen molar-refractivity contribution in [3.63, 3.8) is 0 Å².